The van der Waals surface area contributed by atoms with Crippen molar-refractivity contribution in [1.82, 2.24) is 4.90 Å². The maximum absolute atomic E-state index is 12.4. The average molecular weight is 358 g/mol. The fourth-order valence-corrected chi connectivity index (χ4v) is 3.60. The molecule has 1 saturated heterocycles. The number of hydrazone groups is 1. The SMILES string of the molecule is C=CC(c1ccc(C=NN)cc1)(N1CCCC1)C(N)(C(=O)O)C(=O)C=O. The molecule has 0 bridgehead atoms. The average Bonchev–Trinajstić information content (AvgIpc) is 3.18. The molecule has 0 saturated carbocycles. The van der Waals surface area contributed by atoms with Crippen LogP contribution in [0.5, 0.6) is 0 Å². The van der Waals surface area contributed by atoms with Crippen LogP contribution in [0, 0.1) is 0 Å². The van der Waals surface area contributed by atoms with Gasteiger partial charge in [0.25, 0.3) is 0 Å². The first-order chi connectivity index (χ1) is 12.4. The molecule has 1 aliphatic heterocycles. The number of nitrogens with zero attached hydrogens (tertiary/aromatic N) is 2. The van der Waals surface area contributed by atoms with Crippen LogP contribution in [0.25, 0.3) is 0 Å². The number of hydrogen-bond acceptors (Lipinski definition) is 7. The summed E-state index contributed by atoms with van der Waals surface area (Å²) in [6.45, 7) is 4.83. The lowest BCUT2D eigenvalue weighted by Crippen LogP contribution is -2.73. The van der Waals surface area contributed by atoms with E-state index in [1.807, 2.05) is 0 Å². The third-order valence-corrected chi connectivity index (χ3v) is 4.91. The summed E-state index contributed by atoms with van der Waals surface area (Å²) in [7, 11) is 0. The second kappa shape index (κ2) is 7.59. The van der Waals surface area contributed by atoms with Crippen molar-refractivity contribution in [1.29, 1.82) is 0 Å². The largest absolute Gasteiger partial charge is 0.479 e. The van der Waals surface area contributed by atoms with E-state index < -0.39 is 22.8 Å². The van der Waals surface area contributed by atoms with E-state index in [-0.39, 0.29) is 6.29 Å². The molecule has 1 heterocycles. The van der Waals surface area contributed by atoms with Gasteiger partial charge in [-0.25, -0.2) is 4.79 Å². The zero-order chi connectivity index (χ0) is 19.4. The predicted octanol–water partition coefficient (Wildman–Crippen LogP) is 0.00640. The summed E-state index contributed by atoms with van der Waals surface area (Å²) in [6, 6.07) is 6.63. The minimum absolute atomic E-state index is 0.0438. The Hall–Kier alpha value is -2.84. The number of carboxylic acid groups (broad SMARTS) is 1. The van der Waals surface area contributed by atoms with E-state index in [0.29, 0.717) is 24.2 Å². The summed E-state index contributed by atoms with van der Waals surface area (Å²) in [6.07, 6.45) is 4.37. The molecule has 2 rings (SSSR count). The Morgan fingerprint density at radius 3 is 2.23 bits per heavy atom. The van der Waals surface area contributed by atoms with Gasteiger partial charge in [0.15, 0.2) is 6.29 Å². The van der Waals surface area contributed by atoms with Crippen molar-refractivity contribution in [2.45, 2.75) is 23.9 Å². The third-order valence-electron chi connectivity index (χ3n) is 4.91. The second-order valence-corrected chi connectivity index (χ2v) is 6.16. The first-order valence-electron chi connectivity index (χ1n) is 8.12. The molecule has 0 aromatic heterocycles. The Bertz CT molecular complexity index is 740. The number of aldehydes is 1. The van der Waals surface area contributed by atoms with Crippen molar-refractivity contribution in [3.63, 3.8) is 0 Å². The Labute approximate surface area is 151 Å². The van der Waals surface area contributed by atoms with Gasteiger partial charge in [0.05, 0.1) is 6.21 Å². The quantitative estimate of drug-likeness (QED) is 0.113. The lowest BCUT2D eigenvalue weighted by molar-refractivity contribution is -0.156. The van der Waals surface area contributed by atoms with Gasteiger partial charge in [0, 0.05) is 0 Å². The fraction of sp³-hybridized carbons (Fsp3) is 0.333. The highest BCUT2D eigenvalue weighted by atomic mass is 16.4. The zero-order valence-electron chi connectivity index (χ0n) is 14.3. The maximum atomic E-state index is 12.4. The van der Waals surface area contributed by atoms with Gasteiger partial charge in [0.2, 0.25) is 11.3 Å². The highest BCUT2D eigenvalue weighted by molar-refractivity contribution is 6.36. The van der Waals surface area contributed by atoms with Crippen molar-refractivity contribution in [3.8, 4) is 0 Å². The number of likely N-dealkylation sites (tertiary alicyclic amines) is 1. The predicted molar refractivity (Wildman–Crippen MR) is 96.5 cm³/mol. The van der Waals surface area contributed by atoms with Crippen LogP contribution in [0.3, 0.4) is 0 Å². The minimum atomic E-state index is -2.51. The molecule has 8 heteroatoms. The standard InChI is InChI=1S/C18H22N4O4/c1-2-17(22-9-3-4-10-22,18(19,16(25)26)15(24)12-23)14-7-5-13(6-8-14)11-21-20/h2,5-8,11-12H,1,3-4,9-10,19-20H2,(H,25,26). The third kappa shape index (κ3) is 2.83. The molecular formula is C18H22N4O4. The molecule has 1 aromatic rings. The van der Waals surface area contributed by atoms with Crippen LogP contribution >= 0.6 is 0 Å². The summed E-state index contributed by atoms with van der Waals surface area (Å²) in [5, 5.41) is 13.3. The van der Waals surface area contributed by atoms with Crippen LogP contribution in [0.15, 0.2) is 42.0 Å². The van der Waals surface area contributed by atoms with E-state index in [0.717, 1.165) is 12.8 Å². The molecule has 0 aliphatic carbocycles. The molecular weight excluding hydrogens is 336 g/mol. The van der Waals surface area contributed by atoms with Crippen molar-refractivity contribution >= 4 is 24.3 Å². The number of nitrogens with two attached hydrogens (primary N) is 2. The van der Waals surface area contributed by atoms with E-state index in [1.54, 1.807) is 29.2 Å². The molecule has 5 N–H and O–H groups in total. The fourth-order valence-electron chi connectivity index (χ4n) is 3.60. The molecule has 2 atom stereocenters. The Kier molecular flexibility index (Phi) is 5.69. The summed E-state index contributed by atoms with van der Waals surface area (Å²) in [5.41, 5.74) is 3.20. The Morgan fingerprint density at radius 1 is 1.23 bits per heavy atom. The van der Waals surface area contributed by atoms with Crippen LogP contribution < -0.4 is 11.6 Å². The van der Waals surface area contributed by atoms with Crippen molar-refractivity contribution < 1.29 is 19.5 Å². The highest BCUT2D eigenvalue weighted by Gasteiger charge is 2.61. The lowest BCUT2D eigenvalue weighted by atomic mass is 9.69. The van der Waals surface area contributed by atoms with E-state index in [1.165, 1.54) is 12.3 Å². The van der Waals surface area contributed by atoms with Crippen LogP contribution in [0.2, 0.25) is 0 Å². The zero-order valence-corrected chi connectivity index (χ0v) is 14.3. The number of carbonyl (C=O) groups excluding carboxylic acids is 2. The molecule has 0 spiro atoms. The van der Waals surface area contributed by atoms with Crippen LogP contribution in [-0.2, 0) is 19.9 Å². The van der Waals surface area contributed by atoms with Crippen LogP contribution in [0.1, 0.15) is 24.0 Å². The van der Waals surface area contributed by atoms with Crippen molar-refractivity contribution in [3.05, 3.63) is 48.0 Å². The van der Waals surface area contributed by atoms with Crippen LogP contribution in [-0.4, -0.2) is 52.9 Å². The molecule has 1 aromatic carbocycles. The van der Waals surface area contributed by atoms with Gasteiger partial charge >= 0.3 is 5.97 Å². The summed E-state index contributed by atoms with van der Waals surface area (Å²) in [4.78, 5) is 37.5. The lowest BCUT2D eigenvalue weighted by Gasteiger charge is -2.48. The molecule has 26 heavy (non-hydrogen) atoms. The molecule has 8 nitrogen and oxygen atoms in total. The Morgan fingerprint density at radius 2 is 1.81 bits per heavy atom. The smallest absolute Gasteiger partial charge is 0.334 e. The molecule has 0 radical (unpaired) electrons. The molecule has 1 fully saturated rings. The second-order valence-electron chi connectivity index (χ2n) is 6.16. The first kappa shape index (κ1) is 19.5. The number of aliphatic carboxylic acids is 1. The number of carboxylic acids is 1. The summed E-state index contributed by atoms with van der Waals surface area (Å²) >= 11 is 0. The number of rotatable bonds is 8. The molecule has 138 valence electrons. The van der Waals surface area contributed by atoms with E-state index in [2.05, 4.69) is 11.7 Å². The highest BCUT2D eigenvalue weighted by Crippen LogP contribution is 2.41. The normalized spacial score (nSPS) is 19.6. The Balaban J connectivity index is 2.76. The van der Waals surface area contributed by atoms with Gasteiger partial charge in [-0.15, -0.1) is 6.58 Å². The summed E-state index contributed by atoms with van der Waals surface area (Å²) in [5.74, 6) is 2.33. The number of carbonyl (C=O) groups is 3. The topological polar surface area (TPSA) is 139 Å². The van der Waals surface area contributed by atoms with Gasteiger partial charge in [-0.05, 0) is 37.1 Å². The minimum Gasteiger partial charge on any atom is -0.479 e. The van der Waals surface area contributed by atoms with Crippen LogP contribution in [0.4, 0.5) is 0 Å². The molecule has 1 aliphatic rings. The van der Waals surface area contributed by atoms with Gasteiger partial charge in [-0.3, -0.25) is 14.5 Å². The number of hydrogen-bond donors (Lipinski definition) is 3. The maximum Gasteiger partial charge on any atom is 0.334 e. The van der Waals surface area contributed by atoms with Crippen molar-refractivity contribution in [2.75, 3.05) is 13.1 Å². The number of ketones is 1. The van der Waals surface area contributed by atoms with E-state index in [4.69, 9.17) is 11.6 Å². The van der Waals surface area contributed by atoms with Gasteiger partial charge in [0.1, 0.15) is 5.54 Å². The van der Waals surface area contributed by atoms with Crippen molar-refractivity contribution in [2.24, 2.45) is 16.7 Å². The number of benzene rings is 1. The van der Waals surface area contributed by atoms with E-state index in [9.17, 15) is 19.5 Å². The van der Waals surface area contributed by atoms with Gasteiger partial charge in [-0.1, -0.05) is 30.3 Å². The molecule has 0 amide bonds. The monoisotopic (exact) mass is 358 g/mol. The summed E-state index contributed by atoms with van der Waals surface area (Å²) < 4.78 is 0. The van der Waals surface area contributed by atoms with E-state index >= 15 is 0 Å². The van der Waals surface area contributed by atoms with Gasteiger partial charge in [-0.2, -0.15) is 5.10 Å². The van der Waals surface area contributed by atoms with Gasteiger partial charge < -0.3 is 16.7 Å². The number of Topliss-reactive ketones (excluding diaryl/α,β-unsaturated/α-hetero) is 1. The molecule has 2 unspecified atom stereocenters. The first-order valence-corrected chi connectivity index (χ1v) is 8.12.